The van der Waals surface area contributed by atoms with Gasteiger partial charge in [0.05, 0.1) is 11.1 Å². The van der Waals surface area contributed by atoms with Crippen molar-refractivity contribution in [3.05, 3.63) is 94.5 Å². The zero-order valence-corrected chi connectivity index (χ0v) is 16.0. The molecule has 3 aromatic carbocycles. The maximum Gasteiger partial charge on any atom is 0.336 e. The minimum atomic E-state index is -1.17. The van der Waals surface area contributed by atoms with Crippen LogP contribution in [-0.2, 0) is 0 Å². The molecule has 3 rings (SSSR count). The highest BCUT2D eigenvalue weighted by atomic mass is 16.4. The Kier molecular flexibility index (Phi) is 5.74. The summed E-state index contributed by atoms with van der Waals surface area (Å²) in [5, 5.41) is 14.7. The van der Waals surface area contributed by atoms with Gasteiger partial charge in [-0.1, -0.05) is 18.2 Å². The second kappa shape index (κ2) is 8.39. The molecular weight excluding hydrogens is 368 g/mol. The lowest BCUT2D eigenvalue weighted by Gasteiger charge is -2.10. The summed E-state index contributed by atoms with van der Waals surface area (Å²) in [4.78, 5) is 36.1. The first-order chi connectivity index (χ1) is 13.8. The zero-order valence-electron chi connectivity index (χ0n) is 16.0. The predicted molar refractivity (Wildman–Crippen MR) is 112 cm³/mol. The molecule has 3 aromatic rings. The summed E-state index contributed by atoms with van der Waals surface area (Å²) in [5.74, 6) is -1.97. The fourth-order valence-corrected chi connectivity index (χ4v) is 2.79. The average molecular weight is 388 g/mol. The van der Waals surface area contributed by atoms with Crippen molar-refractivity contribution in [1.29, 1.82) is 0 Å². The van der Waals surface area contributed by atoms with Crippen LogP contribution in [0.2, 0.25) is 0 Å². The second-order valence-corrected chi connectivity index (χ2v) is 6.64. The fraction of sp³-hybridized carbons (Fsp3) is 0.0870. The summed E-state index contributed by atoms with van der Waals surface area (Å²) in [6.45, 7) is 3.98. The monoisotopic (exact) mass is 388 g/mol. The first-order valence-corrected chi connectivity index (χ1v) is 8.97. The molecule has 6 heteroatoms. The van der Waals surface area contributed by atoms with Gasteiger partial charge in [0.2, 0.25) is 0 Å². The van der Waals surface area contributed by atoms with Gasteiger partial charge < -0.3 is 15.7 Å². The number of aryl methyl sites for hydroxylation is 2. The summed E-state index contributed by atoms with van der Waals surface area (Å²) in [6.07, 6.45) is 0. The van der Waals surface area contributed by atoms with E-state index in [1.165, 1.54) is 12.1 Å². The van der Waals surface area contributed by atoms with Gasteiger partial charge >= 0.3 is 5.97 Å². The Morgan fingerprint density at radius 1 is 0.690 bits per heavy atom. The lowest BCUT2D eigenvalue weighted by Crippen LogP contribution is -2.16. The number of hydrogen-bond acceptors (Lipinski definition) is 3. The minimum Gasteiger partial charge on any atom is -0.478 e. The molecule has 0 saturated heterocycles. The third-order valence-electron chi connectivity index (χ3n) is 4.57. The van der Waals surface area contributed by atoms with E-state index in [0.717, 1.165) is 11.1 Å². The van der Waals surface area contributed by atoms with Gasteiger partial charge in [-0.25, -0.2) is 4.79 Å². The quantitative estimate of drug-likeness (QED) is 0.599. The molecular formula is C23H20N2O4. The van der Waals surface area contributed by atoms with Crippen LogP contribution in [-0.4, -0.2) is 22.9 Å². The van der Waals surface area contributed by atoms with E-state index in [1.54, 1.807) is 36.4 Å². The van der Waals surface area contributed by atoms with Crippen molar-refractivity contribution >= 4 is 29.2 Å². The van der Waals surface area contributed by atoms with Crippen LogP contribution in [0, 0.1) is 13.8 Å². The molecule has 0 atom stereocenters. The van der Waals surface area contributed by atoms with Crippen molar-refractivity contribution in [2.45, 2.75) is 13.8 Å². The van der Waals surface area contributed by atoms with E-state index in [2.05, 4.69) is 10.6 Å². The Balaban J connectivity index is 1.70. The maximum absolute atomic E-state index is 12.4. The summed E-state index contributed by atoms with van der Waals surface area (Å²) in [7, 11) is 0. The molecule has 0 heterocycles. The highest BCUT2D eigenvalue weighted by Gasteiger charge is 2.16. The highest BCUT2D eigenvalue weighted by molar-refractivity contribution is 6.11. The van der Waals surface area contributed by atoms with Gasteiger partial charge in [0, 0.05) is 16.9 Å². The molecule has 146 valence electrons. The van der Waals surface area contributed by atoms with Crippen molar-refractivity contribution in [1.82, 2.24) is 0 Å². The lowest BCUT2D eigenvalue weighted by atomic mass is 10.1. The standard InChI is InChI=1S/C23H20N2O4/c1-14-7-10-18(13-15(14)2)25-21(26)16-8-11-17(12-9-16)24-22(27)19-5-3-4-6-20(19)23(28)29/h3-13H,1-2H3,(H,24,27)(H,25,26)(H,28,29). The van der Waals surface area contributed by atoms with E-state index >= 15 is 0 Å². The van der Waals surface area contributed by atoms with Gasteiger partial charge in [-0.2, -0.15) is 0 Å². The number of hydrogen-bond donors (Lipinski definition) is 3. The largest absolute Gasteiger partial charge is 0.478 e. The smallest absolute Gasteiger partial charge is 0.336 e. The molecule has 0 spiro atoms. The van der Waals surface area contributed by atoms with Crippen molar-refractivity contribution < 1.29 is 19.5 Å². The molecule has 3 N–H and O–H groups in total. The van der Waals surface area contributed by atoms with Crippen molar-refractivity contribution in [3.8, 4) is 0 Å². The van der Waals surface area contributed by atoms with Gasteiger partial charge in [0.15, 0.2) is 0 Å². The van der Waals surface area contributed by atoms with Gasteiger partial charge in [0.25, 0.3) is 11.8 Å². The Bertz CT molecular complexity index is 1090. The van der Waals surface area contributed by atoms with Crippen LogP contribution in [0.1, 0.15) is 42.2 Å². The van der Waals surface area contributed by atoms with E-state index in [-0.39, 0.29) is 17.0 Å². The molecule has 0 aliphatic heterocycles. The zero-order chi connectivity index (χ0) is 21.0. The van der Waals surface area contributed by atoms with Crippen LogP contribution in [0.3, 0.4) is 0 Å². The number of carboxylic acids is 1. The van der Waals surface area contributed by atoms with E-state index in [0.29, 0.717) is 16.9 Å². The number of rotatable bonds is 5. The first kappa shape index (κ1) is 19.8. The Morgan fingerprint density at radius 2 is 1.28 bits per heavy atom. The van der Waals surface area contributed by atoms with Crippen LogP contribution < -0.4 is 10.6 Å². The normalized spacial score (nSPS) is 10.3. The Labute approximate surface area is 168 Å². The van der Waals surface area contributed by atoms with Crippen LogP contribution in [0.5, 0.6) is 0 Å². The molecule has 0 aliphatic rings. The number of amides is 2. The van der Waals surface area contributed by atoms with Gasteiger partial charge in [-0.15, -0.1) is 0 Å². The van der Waals surface area contributed by atoms with Crippen molar-refractivity contribution in [2.75, 3.05) is 10.6 Å². The molecule has 2 amide bonds. The molecule has 0 radical (unpaired) electrons. The number of carbonyl (C=O) groups excluding carboxylic acids is 2. The van der Waals surface area contributed by atoms with Gasteiger partial charge in [-0.05, 0) is 73.5 Å². The van der Waals surface area contributed by atoms with E-state index in [9.17, 15) is 19.5 Å². The van der Waals surface area contributed by atoms with Crippen LogP contribution in [0.25, 0.3) is 0 Å². The average Bonchev–Trinajstić information content (AvgIpc) is 2.71. The number of carbonyl (C=O) groups is 3. The van der Waals surface area contributed by atoms with E-state index in [1.807, 2.05) is 32.0 Å². The van der Waals surface area contributed by atoms with Crippen LogP contribution in [0.4, 0.5) is 11.4 Å². The molecule has 0 fully saturated rings. The van der Waals surface area contributed by atoms with Crippen LogP contribution in [0.15, 0.2) is 66.7 Å². The van der Waals surface area contributed by atoms with Gasteiger partial charge in [-0.3, -0.25) is 9.59 Å². The predicted octanol–water partition coefficient (Wildman–Crippen LogP) is 4.51. The molecule has 0 aliphatic carbocycles. The maximum atomic E-state index is 12.4. The fourth-order valence-electron chi connectivity index (χ4n) is 2.79. The third-order valence-corrected chi connectivity index (χ3v) is 4.57. The molecule has 0 unspecified atom stereocenters. The number of aromatic carboxylic acids is 1. The van der Waals surface area contributed by atoms with Crippen molar-refractivity contribution in [3.63, 3.8) is 0 Å². The molecule has 6 nitrogen and oxygen atoms in total. The number of benzene rings is 3. The number of carboxylic acid groups (broad SMARTS) is 1. The second-order valence-electron chi connectivity index (χ2n) is 6.64. The van der Waals surface area contributed by atoms with Crippen LogP contribution >= 0.6 is 0 Å². The highest BCUT2D eigenvalue weighted by Crippen LogP contribution is 2.17. The third kappa shape index (κ3) is 4.68. The molecule has 29 heavy (non-hydrogen) atoms. The van der Waals surface area contributed by atoms with E-state index < -0.39 is 11.9 Å². The molecule has 0 bridgehead atoms. The minimum absolute atomic E-state index is 0.0663. The summed E-state index contributed by atoms with van der Waals surface area (Å²) in [6, 6.07) is 18.0. The first-order valence-electron chi connectivity index (χ1n) is 8.97. The topological polar surface area (TPSA) is 95.5 Å². The Hall–Kier alpha value is -3.93. The summed E-state index contributed by atoms with van der Waals surface area (Å²) in [5.41, 5.74) is 3.83. The number of nitrogens with one attached hydrogen (secondary N) is 2. The Morgan fingerprint density at radius 3 is 1.90 bits per heavy atom. The lowest BCUT2D eigenvalue weighted by molar-refractivity contribution is 0.0692. The number of anilines is 2. The van der Waals surface area contributed by atoms with Crippen molar-refractivity contribution in [2.24, 2.45) is 0 Å². The van der Waals surface area contributed by atoms with Gasteiger partial charge in [0.1, 0.15) is 0 Å². The molecule has 0 aromatic heterocycles. The summed E-state index contributed by atoms with van der Waals surface area (Å²) < 4.78 is 0. The SMILES string of the molecule is Cc1ccc(NC(=O)c2ccc(NC(=O)c3ccccc3C(=O)O)cc2)cc1C. The van der Waals surface area contributed by atoms with E-state index in [4.69, 9.17) is 0 Å². The summed E-state index contributed by atoms with van der Waals surface area (Å²) >= 11 is 0. The molecule has 0 saturated carbocycles.